The van der Waals surface area contributed by atoms with E-state index in [1.807, 2.05) is 0 Å². The predicted molar refractivity (Wildman–Crippen MR) is 60.1 cm³/mol. The van der Waals surface area contributed by atoms with Gasteiger partial charge in [0.2, 0.25) is 0 Å². The fraction of sp³-hybridized carbons (Fsp3) is 0.444. The van der Waals surface area contributed by atoms with Gasteiger partial charge in [0.25, 0.3) is 0 Å². The second-order valence-electron chi connectivity index (χ2n) is 3.95. The molecule has 1 rings (SSSR count). The Hall–Kier alpha value is -0.280. The molecule has 0 aliphatic carbocycles. The molecule has 0 aliphatic heterocycles. The highest BCUT2D eigenvalue weighted by Crippen LogP contribution is 2.31. The number of halogens is 2. The molecular weight excluding hydrogens is 251 g/mol. The molecule has 1 aromatic heterocycles. The number of rotatable bonds is 0. The van der Waals surface area contributed by atoms with Crippen LogP contribution < -0.4 is 5.73 Å². The molecule has 1 aromatic rings. The molecule has 0 fully saturated rings. The standard InChI is InChI=1S/C9H12BrClN2/c1-9(2,3)7-5(10)4-6(12)8(11)13-7/h4H,12H2,1-3H3. The molecule has 0 unspecified atom stereocenters. The van der Waals surface area contributed by atoms with Crippen LogP contribution in [0.1, 0.15) is 26.5 Å². The average molecular weight is 264 g/mol. The molecule has 2 N–H and O–H groups in total. The Morgan fingerprint density at radius 1 is 1.46 bits per heavy atom. The van der Waals surface area contributed by atoms with Gasteiger partial charge in [0.05, 0.1) is 11.4 Å². The molecule has 0 aromatic carbocycles. The number of pyridine rings is 1. The van der Waals surface area contributed by atoms with Crippen LogP contribution in [0, 0.1) is 0 Å². The lowest BCUT2D eigenvalue weighted by molar-refractivity contribution is 0.566. The molecule has 0 amide bonds. The molecule has 2 nitrogen and oxygen atoms in total. The van der Waals surface area contributed by atoms with Gasteiger partial charge in [-0.05, 0) is 22.0 Å². The first-order chi connectivity index (χ1) is 5.82. The third kappa shape index (κ3) is 2.35. The van der Waals surface area contributed by atoms with Gasteiger partial charge in [0.15, 0.2) is 5.15 Å². The highest BCUT2D eigenvalue weighted by atomic mass is 79.9. The monoisotopic (exact) mass is 262 g/mol. The first-order valence-electron chi connectivity index (χ1n) is 3.94. The molecular formula is C9H12BrClN2. The maximum absolute atomic E-state index is 5.83. The molecule has 0 atom stereocenters. The first kappa shape index (κ1) is 10.8. The normalized spacial score (nSPS) is 11.8. The zero-order chi connectivity index (χ0) is 10.2. The van der Waals surface area contributed by atoms with E-state index in [1.165, 1.54) is 0 Å². The fourth-order valence-corrected chi connectivity index (χ4v) is 2.08. The van der Waals surface area contributed by atoms with Crippen LogP contribution in [-0.2, 0) is 5.41 Å². The number of hydrogen-bond acceptors (Lipinski definition) is 2. The van der Waals surface area contributed by atoms with Crippen LogP contribution in [0.4, 0.5) is 5.69 Å². The van der Waals surface area contributed by atoms with E-state index in [9.17, 15) is 0 Å². The SMILES string of the molecule is CC(C)(C)c1nc(Cl)c(N)cc1Br. The van der Waals surface area contributed by atoms with Gasteiger partial charge in [0, 0.05) is 9.89 Å². The molecule has 4 heteroatoms. The molecule has 0 bridgehead atoms. The van der Waals surface area contributed by atoms with E-state index in [4.69, 9.17) is 17.3 Å². The lowest BCUT2D eigenvalue weighted by Gasteiger charge is -2.19. The Balaban J connectivity index is 3.32. The van der Waals surface area contributed by atoms with Gasteiger partial charge < -0.3 is 5.73 Å². The van der Waals surface area contributed by atoms with E-state index in [0.29, 0.717) is 10.8 Å². The number of hydrogen-bond donors (Lipinski definition) is 1. The second-order valence-corrected chi connectivity index (χ2v) is 5.16. The maximum Gasteiger partial charge on any atom is 0.152 e. The quantitative estimate of drug-likeness (QED) is 0.729. The second kappa shape index (κ2) is 3.46. The summed E-state index contributed by atoms with van der Waals surface area (Å²) in [6.07, 6.45) is 0. The van der Waals surface area contributed by atoms with E-state index in [0.717, 1.165) is 10.2 Å². The third-order valence-corrected chi connectivity index (χ3v) is 2.57. The summed E-state index contributed by atoms with van der Waals surface area (Å²) in [6.45, 7) is 6.23. The summed E-state index contributed by atoms with van der Waals surface area (Å²) in [7, 11) is 0. The zero-order valence-corrected chi connectivity index (χ0v) is 10.2. The predicted octanol–water partition coefficient (Wildman–Crippen LogP) is 3.38. The van der Waals surface area contributed by atoms with Crippen LogP contribution in [0.3, 0.4) is 0 Å². The fourth-order valence-electron chi connectivity index (χ4n) is 1.01. The number of nitrogens with two attached hydrogens (primary N) is 1. The van der Waals surface area contributed by atoms with Gasteiger partial charge >= 0.3 is 0 Å². The van der Waals surface area contributed by atoms with Crippen LogP contribution in [-0.4, -0.2) is 4.98 Å². The molecule has 1 heterocycles. The average Bonchev–Trinajstić information content (AvgIpc) is 1.94. The molecule has 0 radical (unpaired) electrons. The molecule has 0 saturated heterocycles. The van der Waals surface area contributed by atoms with Crippen molar-refractivity contribution in [1.29, 1.82) is 0 Å². The van der Waals surface area contributed by atoms with Crippen molar-refractivity contribution in [3.8, 4) is 0 Å². The van der Waals surface area contributed by atoms with Crippen molar-refractivity contribution >= 4 is 33.2 Å². The highest BCUT2D eigenvalue weighted by molar-refractivity contribution is 9.10. The summed E-state index contributed by atoms with van der Waals surface area (Å²) in [5, 5.41) is 0.369. The minimum absolute atomic E-state index is 0.0316. The molecule has 0 saturated carbocycles. The van der Waals surface area contributed by atoms with E-state index >= 15 is 0 Å². The van der Waals surface area contributed by atoms with Crippen LogP contribution >= 0.6 is 27.5 Å². The van der Waals surface area contributed by atoms with Crippen molar-refractivity contribution in [2.24, 2.45) is 0 Å². The van der Waals surface area contributed by atoms with Crippen LogP contribution in [0.5, 0.6) is 0 Å². The first-order valence-corrected chi connectivity index (χ1v) is 5.11. The summed E-state index contributed by atoms with van der Waals surface area (Å²) in [5.74, 6) is 0. The number of nitrogen functional groups attached to an aromatic ring is 1. The van der Waals surface area contributed by atoms with Crippen molar-refractivity contribution in [2.75, 3.05) is 5.73 Å². The van der Waals surface area contributed by atoms with Gasteiger partial charge in [0.1, 0.15) is 0 Å². The van der Waals surface area contributed by atoms with Crippen molar-refractivity contribution in [2.45, 2.75) is 26.2 Å². The number of nitrogens with zero attached hydrogens (tertiary/aromatic N) is 1. The van der Waals surface area contributed by atoms with Crippen LogP contribution in [0.25, 0.3) is 0 Å². The third-order valence-electron chi connectivity index (χ3n) is 1.67. The lowest BCUT2D eigenvalue weighted by Crippen LogP contribution is -2.15. The van der Waals surface area contributed by atoms with E-state index in [-0.39, 0.29) is 5.41 Å². The van der Waals surface area contributed by atoms with Crippen LogP contribution in [0.2, 0.25) is 5.15 Å². The Morgan fingerprint density at radius 3 is 2.46 bits per heavy atom. The Labute approximate surface area is 91.6 Å². The summed E-state index contributed by atoms with van der Waals surface area (Å²) < 4.78 is 0.905. The van der Waals surface area contributed by atoms with E-state index in [1.54, 1.807) is 6.07 Å². The molecule has 0 aliphatic rings. The van der Waals surface area contributed by atoms with Gasteiger partial charge in [-0.2, -0.15) is 0 Å². The Morgan fingerprint density at radius 2 is 2.00 bits per heavy atom. The van der Waals surface area contributed by atoms with Crippen molar-refractivity contribution in [1.82, 2.24) is 4.98 Å². The summed E-state index contributed by atoms with van der Waals surface area (Å²) in [6, 6.07) is 1.79. The Bertz CT molecular complexity index is 331. The van der Waals surface area contributed by atoms with Crippen molar-refractivity contribution in [3.63, 3.8) is 0 Å². The van der Waals surface area contributed by atoms with Gasteiger partial charge in [-0.15, -0.1) is 0 Å². The lowest BCUT2D eigenvalue weighted by atomic mass is 9.92. The number of aromatic nitrogens is 1. The molecule has 13 heavy (non-hydrogen) atoms. The largest absolute Gasteiger partial charge is 0.396 e. The van der Waals surface area contributed by atoms with Gasteiger partial charge in [-0.25, -0.2) is 4.98 Å². The Kier molecular flexibility index (Phi) is 2.88. The highest BCUT2D eigenvalue weighted by Gasteiger charge is 2.20. The molecule has 72 valence electrons. The topological polar surface area (TPSA) is 38.9 Å². The van der Waals surface area contributed by atoms with Crippen LogP contribution in [0.15, 0.2) is 10.5 Å². The van der Waals surface area contributed by atoms with Crippen molar-refractivity contribution < 1.29 is 0 Å². The van der Waals surface area contributed by atoms with E-state index < -0.39 is 0 Å². The van der Waals surface area contributed by atoms with Crippen molar-refractivity contribution in [3.05, 3.63) is 21.4 Å². The number of anilines is 1. The minimum Gasteiger partial charge on any atom is -0.396 e. The van der Waals surface area contributed by atoms with E-state index in [2.05, 4.69) is 41.7 Å². The van der Waals surface area contributed by atoms with Gasteiger partial charge in [-0.3, -0.25) is 0 Å². The summed E-state index contributed by atoms with van der Waals surface area (Å²) >= 11 is 9.25. The minimum atomic E-state index is -0.0316. The summed E-state index contributed by atoms with van der Waals surface area (Å²) in [4.78, 5) is 4.24. The maximum atomic E-state index is 5.83. The summed E-state index contributed by atoms with van der Waals surface area (Å²) in [5.41, 5.74) is 7.00. The van der Waals surface area contributed by atoms with Gasteiger partial charge in [-0.1, -0.05) is 32.4 Å². The smallest absolute Gasteiger partial charge is 0.152 e. The molecule has 0 spiro atoms. The zero-order valence-electron chi connectivity index (χ0n) is 7.86.